The summed E-state index contributed by atoms with van der Waals surface area (Å²) >= 11 is 0. The van der Waals surface area contributed by atoms with E-state index in [9.17, 15) is 0 Å². The largest absolute Gasteiger partial charge is 0.491 e. The third-order valence-corrected chi connectivity index (χ3v) is 7.41. The van der Waals surface area contributed by atoms with Crippen molar-refractivity contribution >= 4 is 0 Å². The molecule has 0 N–H and O–H groups in total. The van der Waals surface area contributed by atoms with Crippen molar-refractivity contribution in [1.82, 2.24) is 0 Å². The average molecular weight is 441 g/mol. The molecule has 6 rings (SSSR count). The molecule has 2 aliphatic carbocycles. The molecule has 0 amide bonds. The normalized spacial score (nSPS) is 19.2. The van der Waals surface area contributed by atoms with E-state index < -0.39 is 0 Å². The van der Waals surface area contributed by atoms with Gasteiger partial charge < -0.3 is 14.2 Å². The third-order valence-electron chi connectivity index (χ3n) is 7.41. The monoisotopic (exact) mass is 440 g/mol. The van der Waals surface area contributed by atoms with Gasteiger partial charge in [0.15, 0.2) is 0 Å². The number of hydrogen-bond donors (Lipinski definition) is 0. The number of rotatable bonds is 8. The van der Waals surface area contributed by atoms with Gasteiger partial charge in [-0.2, -0.15) is 0 Å². The zero-order valence-electron chi connectivity index (χ0n) is 19.2. The van der Waals surface area contributed by atoms with Gasteiger partial charge in [-0.25, -0.2) is 0 Å². The molecule has 1 heterocycles. The molecule has 3 nitrogen and oxygen atoms in total. The summed E-state index contributed by atoms with van der Waals surface area (Å²) in [4.78, 5) is 0. The maximum atomic E-state index is 6.26. The van der Waals surface area contributed by atoms with E-state index in [2.05, 4.69) is 60.7 Å². The summed E-state index contributed by atoms with van der Waals surface area (Å²) < 4.78 is 17.2. The summed E-state index contributed by atoms with van der Waals surface area (Å²) in [5, 5.41) is 0. The Hall–Kier alpha value is -2.62. The highest BCUT2D eigenvalue weighted by Crippen LogP contribution is 2.44. The molecule has 2 fully saturated rings. The number of benzene rings is 3. The molecule has 3 aromatic carbocycles. The SMILES string of the molecule is c1ccc2c(c1)Cc1c(-c3ccc(OCCOCC4CO4)c(C4CCCCC4)c3)cccc1-2. The van der Waals surface area contributed by atoms with E-state index in [0.717, 1.165) is 18.8 Å². The van der Waals surface area contributed by atoms with Crippen molar-refractivity contribution in [1.29, 1.82) is 0 Å². The Morgan fingerprint density at radius 3 is 2.52 bits per heavy atom. The number of fused-ring (bicyclic) bond motifs is 3. The zero-order valence-corrected chi connectivity index (χ0v) is 19.2. The lowest BCUT2D eigenvalue weighted by Crippen LogP contribution is -2.12. The third kappa shape index (κ3) is 4.45. The first-order valence-electron chi connectivity index (χ1n) is 12.5. The summed E-state index contributed by atoms with van der Waals surface area (Å²) in [5.74, 6) is 1.62. The van der Waals surface area contributed by atoms with Gasteiger partial charge in [0.25, 0.3) is 0 Å². The minimum atomic E-state index is 0.306. The molecule has 1 saturated carbocycles. The Morgan fingerprint density at radius 2 is 1.64 bits per heavy atom. The highest BCUT2D eigenvalue weighted by atomic mass is 16.6. The van der Waals surface area contributed by atoms with Crippen LogP contribution in [0, 0.1) is 0 Å². The summed E-state index contributed by atoms with van der Waals surface area (Å²) in [6, 6.07) is 22.5. The highest BCUT2D eigenvalue weighted by molar-refractivity contribution is 5.85. The second-order valence-corrected chi connectivity index (χ2v) is 9.63. The van der Waals surface area contributed by atoms with Crippen molar-refractivity contribution in [3.05, 3.63) is 77.4 Å². The van der Waals surface area contributed by atoms with Gasteiger partial charge in [0, 0.05) is 0 Å². The minimum Gasteiger partial charge on any atom is -0.491 e. The van der Waals surface area contributed by atoms with Crippen molar-refractivity contribution in [3.8, 4) is 28.0 Å². The second kappa shape index (κ2) is 9.32. The van der Waals surface area contributed by atoms with Crippen LogP contribution in [0.4, 0.5) is 0 Å². The zero-order chi connectivity index (χ0) is 22.0. The number of hydrogen-bond acceptors (Lipinski definition) is 3. The molecular formula is C30H32O3. The molecule has 0 spiro atoms. The van der Waals surface area contributed by atoms with E-state index in [4.69, 9.17) is 14.2 Å². The fraction of sp³-hybridized carbons (Fsp3) is 0.400. The molecule has 1 aliphatic heterocycles. The van der Waals surface area contributed by atoms with Gasteiger partial charge in [-0.1, -0.05) is 67.8 Å². The smallest absolute Gasteiger partial charge is 0.122 e. The quantitative estimate of drug-likeness (QED) is 0.224. The van der Waals surface area contributed by atoms with Crippen molar-refractivity contribution < 1.29 is 14.2 Å². The molecule has 1 unspecified atom stereocenters. The van der Waals surface area contributed by atoms with Gasteiger partial charge in [0.05, 0.1) is 19.8 Å². The summed E-state index contributed by atoms with van der Waals surface area (Å²) in [7, 11) is 0. The van der Waals surface area contributed by atoms with Gasteiger partial charge in [-0.15, -0.1) is 0 Å². The number of ether oxygens (including phenoxy) is 3. The van der Waals surface area contributed by atoms with Crippen LogP contribution in [0.5, 0.6) is 5.75 Å². The Bertz CT molecular complexity index is 1130. The van der Waals surface area contributed by atoms with Crippen LogP contribution in [0.25, 0.3) is 22.3 Å². The predicted octanol–water partition coefficient (Wildman–Crippen LogP) is 6.77. The Morgan fingerprint density at radius 1 is 0.818 bits per heavy atom. The standard InChI is InChI=1S/C30H32O3/c1-2-7-21(8-3-1)28-17-23(13-14-30(28)32-16-15-31-19-24-20-33-24)26-11-6-12-27-25-10-5-4-9-22(25)18-29(26)27/h4-6,9-14,17,21,24H,1-3,7-8,15-16,18-20H2. The minimum absolute atomic E-state index is 0.306. The molecule has 1 atom stereocenters. The first-order chi connectivity index (χ1) is 16.4. The van der Waals surface area contributed by atoms with E-state index >= 15 is 0 Å². The summed E-state index contributed by atoms with van der Waals surface area (Å²) in [6.45, 7) is 2.71. The van der Waals surface area contributed by atoms with E-state index in [0.29, 0.717) is 31.8 Å². The van der Waals surface area contributed by atoms with E-state index in [1.165, 1.54) is 71.0 Å². The summed E-state index contributed by atoms with van der Waals surface area (Å²) in [5.41, 5.74) is 9.72. The Labute approximate surface area is 196 Å². The second-order valence-electron chi connectivity index (χ2n) is 9.63. The lowest BCUT2D eigenvalue weighted by atomic mass is 9.82. The average Bonchev–Trinajstić information content (AvgIpc) is 3.62. The van der Waals surface area contributed by atoms with Crippen LogP contribution in [0.3, 0.4) is 0 Å². The van der Waals surface area contributed by atoms with Crippen molar-refractivity contribution in [2.45, 2.75) is 50.5 Å². The summed E-state index contributed by atoms with van der Waals surface area (Å²) in [6.07, 6.45) is 7.82. The Kier molecular flexibility index (Phi) is 5.92. The molecule has 33 heavy (non-hydrogen) atoms. The molecular weight excluding hydrogens is 408 g/mol. The molecule has 3 aliphatic rings. The van der Waals surface area contributed by atoms with E-state index in [1.807, 2.05) is 0 Å². The van der Waals surface area contributed by atoms with Crippen LogP contribution < -0.4 is 4.74 Å². The van der Waals surface area contributed by atoms with Crippen molar-refractivity contribution in [2.24, 2.45) is 0 Å². The van der Waals surface area contributed by atoms with E-state index in [1.54, 1.807) is 0 Å². The first-order valence-corrected chi connectivity index (χ1v) is 12.5. The molecule has 170 valence electrons. The fourth-order valence-corrected chi connectivity index (χ4v) is 5.60. The molecule has 0 bridgehead atoms. The lowest BCUT2D eigenvalue weighted by Gasteiger charge is -2.25. The predicted molar refractivity (Wildman–Crippen MR) is 132 cm³/mol. The van der Waals surface area contributed by atoms with Gasteiger partial charge in [-0.3, -0.25) is 0 Å². The number of epoxide rings is 1. The maximum Gasteiger partial charge on any atom is 0.122 e. The van der Waals surface area contributed by atoms with E-state index in [-0.39, 0.29) is 0 Å². The Balaban J connectivity index is 1.28. The molecule has 1 saturated heterocycles. The first kappa shape index (κ1) is 20.9. The van der Waals surface area contributed by atoms with Crippen LogP contribution in [-0.4, -0.2) is 32.5 Å². The van der Waals surface area contributed by atoms with Crippen LogP contribution >= 0.6 is 0 Å². The van der Waals surface area contributed by atoms with Crippen LogP contribution in [-0.2, 0) is 15.9 Å². The van der Waals surface area contributed by atoms with Crippen LogP contribution in [0.1, 0.15) is 54.7 Å². The van der Waals surface area contributed by atoms with Gasteiger partial charge in [0.1, 0.15) is 18.5 Å². The maximum absolute atomic E-state index is 6.26. The van der Waals surface area contributed by atoms with Gasteiger partial charge in [0.2, 0.25) is 0 Å². The van der Waals surface area contributed by atoms with Crippen molar-refractivity contribution in [3.63, 3.8) is 0 Å². The van der Waals surface area contributed by atoms with Crippen LogP contribution in [0.2, 0.25) is 0 Å². The van der Waals surface area contributed by atoms with Gasteiger partial charge >= 0.3 is 0 Å². The molecule has 0 radical (unpaired) electrons. The lowest BCUT2D eigenvalue weighted by molar-refractivity contribution is 0.0874. The van der Waals surface area contributed by atoms with Crippen molar-refractivity contribution in [2.75, 3.05) is 26.4 Å². The van der Waals surface area contributed by atoms with Gasteiger partial charge in [-0.05, 0) is 76.3 Å². The molecule has 3 heteroatoms. The van der Waals surface area contributed by atoms with Crippen LogP contribution in [0.15, 0.2) is 60.7 Å². The highest BCUT2D eigenvalue weighted by Gasteiger charge is 2.24. The topological polar surface area (TPSA) is 31.0 Å². The molecule has 0 aromatic heterocycles. The fourth-order valence-electron chi connectivity index (χ4n) is 5.60. The molecule has 3 aromatic rings.